The van der Waals surface area contributed by atoms with Crippen molar-refractivity contribution >= 4 is 28.9 Å². The number of carbonyl (C=O) groups is 1. The number of benzene rings is 2. The summed E-state index contributed by atoms with van der Waals surface area (Å²) in [6.45, 7) is 1.61. The molecule has 2 aromatic carbocycles. The summed E-state index contributed by atoms with van der Waals surface area (Å²) in [4.78, 5) is 11.8. The summed E-state index contributed by atoms with van der Waals surface area (Å²) in [5, 5.41) is 2.62. The van der Waals surface area contributed by atoms with Gasteiger partial charge in [0.2, 0.25) is 0 Å². The highest BCUT2D eigenvalue weighted by Crippen LogP contribution is 2.23. The average molecular weight is 309 g/mol. The Morgan fingerprint density at radius 3 is 2.81 bits per heavy atom. The van der Waals surface area contributed by atoms with E-state index in [4.69, 9.17) is 22.1 Å². The Hall–Kier alpha value is -2.27. The molecular weight excluding hydrogens is 295 g/mol. The molecule has 0 saturated carbocycles. The van der Waals surface area contributed by atoms with Crippen LogP contribution in [-0.4, -0.2) is 12.5 Å². The smallest absolute Gasteiger partial charge is 0.262 e. The minimum absolute atomic E-state index is 0.0592. The lowest BCUT2D eigenvalue weighted by Gasteiger charge is -2.12. The van der Waals surface area contributed by atoms with Gasteiger partial charge in [0.15, 0.2) is 6.61 Å². The van der Waals surface area contributed by atoms with E-state index in [2.05, 4.69) is 5.32 Å². The van der Waals surface area contributed by atoms with Crippen LogP contribution in [0.5, 0.6) is 5.75 Å². The van der Waals surface area contributed by atoms with Gasteiger partial charge in [0.25, 0.3) is 5.91 Å². The number of nitrogen functional groups attached to an aromatic ring is 1. The van der Waals surface area contributed by atoms with Gasteiger partial charge in [-0.25, -0.2) is 4.39 Å². The molecule has 1 amide bonds. The van der Waals surface area contributed by atoms with E-state index in [0.717, 1.165) is 5.56 Å². The van der Waals surface area contributed by atoms with Gasteiger partial charge in [-0.2, -0.15) is 0 Å². The quantitative estimate of drug-likeness (QED) is 0.851. The molecule has 2 rings (SSSR count). The lowest BCUT2D eigenvalue weighted by atomic mass is 10.1. The molecule has 21 heavy (non-hydrogen) atoms. The highest BCUT2D eigenvalue weighted by molar-refractivity contribution is 6.30. The summed E-state index contributed by atoms with van der Waals surface area (Å²) < 4.78 is 18.2. The number of aryl methyl sites for hydroxylation is 1. The number of anilines is 2. The van der Waals surface area contributed by atoms with Gasteiger partial charge >= 0.3 is 0 Å². The predicted molar refractivity (Wildman–Crippen MR) is 81.1 cm³/mol. The second-order valence-corrected chi connectivity index (χ2v) is 4.86. The molecule has 0 aliphatic carbocycles. The van der Waals surface area contributed by atoms with Crippen molar-refractivity contribution in [3.63, 3.8) is 0 Å². The van der Waals surface area contributed by atoms with Crippen molar-refractivity contribution in [2.75, 3.05) is 17.7 Å². The molecule has 3 N–H and O–H groups in total. The van der Waals surface area contributed by atoms with E-state index in [9.17, 15) is 9.18 Å². The van der Waals surface area contributed by atoms with Gasteiger partial charge in [0.05, 0.1) is 16.4 Å². The lowest BCUT2D eigenvalue weighted by Crippen LogP contribution is -2.21. The normalized spacial score (nSPS) is 10.2. The molecule has 0 aliphatic rings. The first-order valence-electron chi connectivity index (χ1n) is 6.20. The highest BCUT2D eigenvalue weighted by atomic mass is 35.5. The van der Waals surface area contributed by atoms with Crippen LogP contribution in [0.15, 0.2) is 36.4 Å². The fraction of sp³-hybridized carbons (Fsp3) is 0.133. The topological polar surface area (TPSA) is 64.3 Å². The number of hydrogen-bond donors (Lipinski definition) is 2. The standard InChI is InChI=1S/C15H14ClFN2O2/c1-9-3-2-4-13(18)15(9)19-14(20)8-21-10-5-6-12(17)11(16)7-10/h2-7H,8,18H2,1H3,(H,19,20). The molecule has 0 heterocycles. The molecule has 0 atom stereocenters. The first kappa shape index (κ1) is 15.1. The zero-order valence-corrected chi connectivity index (χ0v) is 12.1. The van der Waals surface area contributed by atoms with E-state index in [-0.39, 0.29) is 17.5 Å². The average Bonchev–Trinajstić information content (AvgIpc) is 2.44. The summed E-state index contributed by atoms with van der Waals surface area (Å²) in [5.74, 6) is -0.591. The second kappa shape index (κ2) is 6.45. The van der Waals surface area contributed by atoms with Crippen molar-refractivity contribution in [2.24, 2.45) is 0 Å². The SMILES string of the molecule is Cc1cccc(N)c1NC(=O)COc1ccc(F)c(Cl)c1. The maximum Gasteiger partial charge on any atom is 0.262 e. The monoisotopic (exact) mass is 308 g/mol. The minimum Gasteiger partial charge on any atom is -0.484 e. The van der Waals surface area contributed by atoms with Crippen LogP contribution in [0.4, 0.5) is 15.8 Å². The van der Waals surface area contributed by atoms with E-state index in [1.807, 2.05) is 13.0 Å². The van der Waals surface area contributed by atoms with Crippen LogP contribution in [0.2, 0.25) is 5.02 Å². The van der Waals surface area contributed by atoms with Crippen LogP contribution in [0.1, 0.15) is 5.56 Å². The lowest BCUT2D eigenvalue weighted by molar-refractivity contribution is -0.118. The molecule has 110 valence electrons. The number of carbonyl (C=O) groups excluding carboxylic acids is 1. The van der Waals surface area contributed by atoms with E-state index < -0.39 is 5.82 Å². The molecule has 0 saturated heterocycles. The number of para-hydroxylation sites is 1. The third-order valence-corrected chi connectivity index (χ3v) is 3.12. The van der Waals surface area contributed by atoms with Gasteiger partial charge in [0.1, 0.15) is 11.6 Å². The molecule has 0 unspecified atom stereocenters. The second-order valence-electron chi connectivity index (χ2n) is 4.45. The Morgan fingerprint density at radius 1 is 1.38 bits per heavy atom. The van der Waals surface area contributed by atoms with Crippen LogP contribution in [0.25, 0.3) is 0 Å². The molecule has 4 nitrogen and oxygen atoms in total. The number of hydrogen-bond acceptors (Lipinski definition) is 3. The third-order valence-electron chi connectivity index (χ3n) is 2.83. The molecular formula is C15H14ClFN2O2. The molecule has 6 heteroatoms. The largest absolute Gasteiger partial charge is 0.484 e. The number of amides is 1. The zero-order valence-electron chi connectivity index (χ0n) is 11.3. The highest BCUT2D eigenvalue weighted by Gasteiger charge is 2.09. The third kappa shape index (κ3) is 3.86. The molecule has 2 aromatic rings. The van der Waals surface area contributed by atoms with Gasteiger partial charge < -0.3 is 15.8 Å². The molecule has 0 bridgehead atoms. The van der Waals surface area contributed by atoms with Crippen LogP contribution < -0.4 is 15.8 Å². The van der Waals surface area contributed by atoms with E-state index in [1.54, 1.807) is 12.1 Å². The number of nitrogens with two attached hydrogens (primary N) is 1. The first-order chi connectivity index (χ1) is 9.97. The van der Waals surface area contributed by atoms with Crippen molar-refractivity contribution < 1.29 is 13.9 Å². The van der Waals surface area contributed by atoms with E-state index >= 15 is 0 Å². The van der Waals surface area contributed by atoms with Gasteiger partial charge in [-0.05, 0) is 30.7 Å². The van der Waals surface area contributed by atoms with Crippen molar-refractivity contribution in [1.82, 2.24) is 0 Å². The van der Waals surface area contributed by atoms with Crippen molar-refractivity contribution in [1.29, 1.82) is 0 Å². The summed E-state index contributed by atoms with van der Waals surface area (Å²) in [6.07, 6.45) is 0. The van der Waals surface area contributed by atoms with Gasteiger partial charge in [0, 0.05) is 6.07 Å². The fourth-order valence-electron chi connectivity index (χ4n) is 1.75. The minimum atomic E-state index is -0.541. The maximum absolute atomic E-state index is 13.0. The van der Waals surface area contributed by atoms with Gasteiger partial charge in [-0.1, -0.05) is 23.7 Å². The molecule has 0 radical (unpaired) electrons. The number of rotatable bonds is 4. The predicted octanol–water partition coefficient (Wildman–Crippen LogP) is 3.39. The summed E-state index contributed by atoms with van der Waals surface area (Å²) in [5.41, 5.74) is 7.69. The Morgan fingerprint density at radius 2 is 2.14 bits per heavy atom. The summed E-state index contributed by atoms with van der Waals surface area (Å²) in [6, 6.07) is 9.23. The van der Waals surface area contributed by atoms with Crippen LogP contribution in [0.3, 0.4) is 0 Å². The van der Waals surface area contributed by atoms with Crippen molar-refractivity contribution in [2.45, 2.75) is 6.92 Å². The first-order valence-corrected chi connectivity index (χ1v) is 6.58. The molecule has 0 aliphatic heterocycles. The maximum atomic E-state index is 13.0. The number of halogens is 2. The molecule has 0 spiro atoms. The zero-order chi connectivity index (χ0) is 15.4. The van der Waals surface area contributed by atoms with Gasteiger partial charge in [-0.15, -0.1) is 0 Å². The summed E-state index contributed by atoms with van der Waals surface area (Å²) >= 11 is 5.63. The fourth-order valence-corrected chi connectivity index (χ4v) is 1.92. The molecule has 0 fully saturated rings. The van der Waals surface area contributed by atoms with Crippen LogP contribution in [0, 0.1) is 12.7 Å². The van der Waals surface area contributed by atoms with Crippen molar-refractivity contribution in [3.8, 4) is 5.75 Å². The number of ether oxygens (including phenoxy) is 1. The van der Waals surface area contributed by atoms with E-state index in [1.165, 1.54) is 18.2 Å². The van der Waals surface area contributed by atoms with E-state index in [0.29, 0.717) is 17.1 Å². The summed E-state index contributed by atoms with van der Waals surface area (Å²) in [7, 11) is 0. The Labute approximate surface area is 126 Å². The Bertz CT molecular complexity index is 656. The van der Waals surface area contributed by atoms with Crippen LogP contribution >= 0.6 is 11.6 Å². The number of nitrogens with one attached hydrogen (secondary N) is 1. The molecule has 0 aromatic heterocycles. The van der Waals surface area contributed by atoms with Crippen LogP contribution in [-0.2, 0) is 4.79 Å². The Balaban J connectivity index is 1.97. The van der Waals surface area contributed by atoms with Crippen molar-refractivity contribution in [3.05, 3.63) is 52.8 Å². The Kier molecular flexibility index (Phi) is 4.65. The van der Waals surface area contributed by atoms with Gasteiger partial charge in [-0.3, -0.25) is 4.79 Å².